The van der Waals surface area contributed by atoms with Gasteiger partial charge in [-0.3, -0.25) is 9.48 Å². The van der Waals surface area contributed by atoms with Gasteiger partial charge in [-0.1, -0.05) is 37.3 Å². The van der Waals surface area contributed by atoms with Crippen molar-refractivity contribution in [2.75, 3.05) is 21.3 Å². The number of ether oxygens (including phenoxy) is 3. The molecule has 0 saturated carbocycles. The molecule has 2 aromatic carbocycles. The number of hydrogen-bond acceptors (Lipinski definition) is 5. The second-order valence-electron chi connectivity index (χ2n) is 6.69. The number of hydrogen-bond donors (Lipinski definition) is 1. The molecule has 1 aromatic heterocycles. The number of nitrogens with zero attached hydrogens (tertiary/aromatic N) is 2. The maximum absolute atomic E-state index is 12.9. The van der Waals surface area contributed by atoms with Gasteiger partial charge in [0.25, 0.3) is 5.91 Å². The average Bonchev–Trinajstić information content (AvgIpc) is 3.19. The fourth-order valence-electron chi connectivity index (χ4n) is 3.38. The first-order valence-electron chi connectivity index (χ1n) is 9.76. The van der Waals surface area contributed by atoms with Gasteiger partial charge in [-0.25, -0.2) is 0 Å². The Morgan fingerprint density at radius 3 is 2.27 bits per heavy atom. The third-order valence-corrected chi connectivity index (χ3v) is 4.95. The smallest absolute Gasteiger partial charge is 0.255 e. The summed E-state index contributed by atoms with van der Waals surface area (Å²) in [7, 11) is 4.72. The van der Waals surface area contributed by atoms with Gasteiger partial charge in [0.1, 0.15) is 17.2 Å². The van der Waals surface area contributed by atoms with Crippen LogP contribution in [0.15, 0.2) is 48.7 Å². The van der Waals surface area contributed by atoms with Crippen molar-refractivity contribution < 1.29 is 19.0 Å². The monoisotopic (exact) mass is 409 g/mol. The summed E-state index contributed by atoms with van der Waals surface area (Å²) in [6, 6.07) is 13.6. The molecule has 0 aliphatic carbocycles. The standard InChI is InChI=1S/C23H27N3O4/c1-5-20-18(14-25-26(20)15-16-9-7-6-8-10-16)23(27)24-13-19-21(29-3)11-17(28-2)12-22(19)30-4/h6-12,14H,5,13,15H2,1-4H3,(H,24,27). The van der Waals surface area contributed by atoms with Gasteiger partial charge in [-0.15, -0.1) is 0 Å². The van der Waals surface area contributed by atoms with Gasteiger partial charge in [0.2, 0.25) is 0 Å². The molecule has 0 saturated heterocycles. The quantitative estimate of drug-likeness (QED) is 0.586. The van der Waals surface area contributed by atoms with Crippen LogP contribution >= 0.6 is 0 Å². The molecule has 0 atom stereocenters. The number of rotatable bonds is 9. The number of aromatic nitrogens is 2. The summed E-state index contributed by atoms with van der Waals surface area (Å²) < 4.78 is 18.1. The molecular formula is C23H27N3O4. The molecule has 0 aliphatic rings. The summed E-state index contributed by atoms with van der Waals surface area (Å²) in [5.41, 5.74) is 3.34. The van der Waals surface area contributed by atoms with Gasteiger partial charge in [0, 0.05) is 12.1 Å². The fourth-order valence-corrected chi connectivity index (χ4v) is 3.38. The SMILES string of the molecule is CCc1c(C(=O)NCc2c(OC)cc(OC)cc2OC)cnn1Cc1ccccc1. The first-order valence-corrected chi connectivity index (χ1v) is 9.76. The van der Waals surface area contributed by atoms with Crippen molar-refractivity contribution in [1.29, 1.82) is 0 Å². The lowest BCUT2D eigenvalue weighted by atomic mass is 10.1. The highest BCUT2D eigenvalue weighted by Gasteiger charge is 2.19. The predicted molar refractivity (Wildman–Crippen MR) is 114 cm³/mol. The topological polar surface area (TPSA) is 74.6 Å². The van der Waals surface area contributed by atoms with Crippen molar-refractivity contribution >= 4 is 5.91 Å². The van der Waals surface area contributed by atoms with Crippen molar-refractivity contribution in [2.24, 2.45) is 0 Å². The van der Waals surface area contributed by atoms with E-state index in [1.165, 1.54) is 0 Å². The zero-order chi connectivity index (χ0) is 21.5. The van der Waals surface area contributed by atoms with Gasteiger partial charge >= 0.3 is 0 Å². The van der Waals surface area contributed by atoms with Crippen LogP contribution < -0.4 is 19.5 Å². The number of carbonyl (C=O) groups excluding carboxylic acids is 1. The lowest BCUT2D eigenvalue weighted by molar-refractivity contribution is 0.0949. The van der Waals surface area contributed by atoms with Gasteiger partial charge in [0.05, 0.1) is 57.4 Å². The van der Waals surface area contributed by atoms with Crippen LogP contribution in [0.1, 0.15) is 34.1 Å². The third kappa shape index (κ3) is 4.56. The Kier molecular flexibility index (Phi) is 6.95. The van der Waals surface area contributed by atoms with E-state index in [0.29, 0.717) is 35.8 Å². The molecule has 0 unspecified atom stereocenters. The number of carbonyl (C=O) groups is 1. The normalized spacial score (nSPS) is 10.5. The van der Waals surface area contributed by atoms with Gasteiger partial charge < -0.3 is 19.5 Å². The molecule has 0 radical (unpaired) electrons. The van der Waals surface area contributed by atoms with E-state index < -0.39 is 0 Å². The largest absolute Gasteiger partial charge is 0.496 e. The Hall–Kier alpha value is -3.48. The summed E-state index contributed by atoms with van der Waals surface area (Å²) in [5, 5.41) is 7.40. The molecule has 3 rings (SSSR count). The summed E-state index contributed by atoms with van der Waals surface area (Å²) in [4.78, 5) is 12.9. The van der Waals surface area contributed by atoms with E-state index in [1.807, 2.05) is 41.9 Å². The van der Waals surface area contributed by atoms with Crippen LogP contribution in [0.5, 0.6) is 17.2 Å². The number of nitrogens with one attached hydrogen (secondary N) is 1. The van der Waals surface area contributed by atoms with Crippen LogP contribution in [0, 0.1) is 0 Å². The van der Waals surface area contributed by atoms with E-state index in [1.54, 1.807) is 39.7 Å². The predicted octanol–water partition coefficient (Wildman–Crippen LogP) is 3.45. The van der Waals surface area contributed by atoms with Crippen LogP contribution in [-0.4, -0.2) is 37.0 Å². The van der Waals surface area contributed by atoms with E-state index in [0.717, 1.165) is 16.8 Å². The zero-order valence-electron chi connectivity index (χ0n) is 17.8. The molecule has 3 aromatic rings. The molecule has 1 heterocycles. The molecule has 0 aliphatic heterocycles. The molecule has 0 spiro atoms. The van der Waals surface area contributed by atoms with E-state index in [2.05, 4.69) is 10.4 Å². The lowest BCUT2D eigenvalue weighted by Gasteiger charge is -2.15. The van der Waals surface area contributed by atoms with E-state index >= 15 is 0 Å². The van der Waals surface area contributed by atoms with E-state index in [9.17, 15) is 4.79 Å². The van der Waals surface area contributed by atoms with Crippen molar-refractivity contribution in [3.8, 4) is 17.2 Å². The third-order valence-electron chi connectivity index (χ3n) is 4.95. The molecule has 0 bridgehead atoms. The Balaban J connectivity index is 1.79. The minimum absolute atomic E-state index is 0.189. The number of amides is 1. The minimum Gasteiger partial charge on any atom is -0.496 e. The maximum atomic E-state index is 12.9. The van der Waals surface area contributed by atoms with Crippen LogP contribution in [0.3, 0.4) is 0 Å². The molecule has 0 fully saturated rings. The van der Waals surface area contributed by atoms with Crippen LogP contribution in [0.4, 0.5) is 0 Å². The number of methoxy groups -OCH3 is 3. The zero-order valence-corrected chi connectivity index (χ0v) is 17.8. The first kappa shape index (κ1) is 21.2. The van der Waals surface area contributed by atoms with E-state index in [-0.39, 0.29) is 12.5 Å². The second kappa shape index (κ2) is 9.82. The van der Waals surface area contributed by atoms with Crippen LogP contribution in [0.25, 0.3) is 0 Å². The molecule has 7 heteroatoms. The highest BCUT2D eigenvalue weighted by molar-refractivity contribution is 5.95. The Morgan fingerprint density at radius 2 is 1.70 bits per heavy atom. The highest BCUT2D eigenvalue weighted by atomic mass is 16.5. The van der Waals surface area contributed by atoms with E-state index in [4.69, 9.17) is 14.2 Å². The van der Waals surface area contributed by atoms with Crippen molar-refractivity contribution in [2.45, 2.75) is 26.4 Å². The Bertz CT molecular complexity index is 974. The molecule has 158 valence electrons. The lowest BCUT2D eigenvalue weighted by Crippen LogP contribution is -2.24. The maximum Gasteiger partial charge on any atom is 0.255 e. The molecule has 1 amide bonds. The van der Waals surface area contributed by atoms with Gasteiger partial charge in [0.15, 0.2) is 0 Å². The van der Waals surface area contributed by atoms with Crippen LogP contribution in [0.2, 0.25) is 0 Å². The second-order valence-corrected chi connectivity index (χ2v) is 6.69. The summed E-state index contributed by atoms with van der Waals surface area (Å²) in [5.74, 6) is 1.60. The van der Waals surface area contributed by atoms with Crippen molar-refractivity contribution in [3.63, 3.8) is 0 Å². The highest BCUT2D eigenvalue weighted by Crippen LogP contribution is 2.34. The summed E-state index contributed by atoms with van der Waals surface area (Å²) >= 11 is 0. The molecule has 1 N–H and O–H groups in total. The number of benzene rings is 2. The van der Waals surface area contributed by atoms with Crippen molar-refractivity contribution in [1.82, 2.24) is 15.1 Å². The molecular weight excluding hydrogens is 382 g/mol. The van der Waals surface area contributed by atoms with Gasteiger partial charge in [-0.05, 0) is 12.0 Å². The minimum atomic E-state index is -0.189. The fraction of sp³-hybridized carbons (Fsp3) is 0.304. The summed E-state index contributed by atoms with van der Waals surface area (Å²) in [6.07, 6.45) is 2.32. The van der Waals surface area contributed by atoms with Gasteiger partial charge in [-0.2, -0.15) is 5.10 Å². The van der Waals surface area contributed by atoms with Crippen molar-refractivity contribution in [3.05, 3.63) is 71.0 Å². The average molecular weight is 409 g/mol. The molecule has 30 heavy (non-hydrogen) atoms. The Labute approximate surface area is 176 Å². The summed E-state index contributed by atoms with van der Waals surface area (Å²) in [6.45, 7) is 2.89. The van der Waals surface area contributed by atoms with Crippen LogP contribution in [-0.2, 0) is 19.5 Å². The first-order chi connectivity index (χ1) is 14.6. The molecule has 7 nitrogen and oxygen atoms in total. The Morgan fingerprint density at radius 1 is 1.03 bits per heavy atom.